The van der Waals surface area contributed by atoms with E-state index in [1.54, 1.807) is 18.1 Å². The van der Waals surface area contributed by atoms with Crippen LogP contribution in [0.1, 0.15) is 23.2 Å². The Kier molecular flexibility index (Phi) is 6.30. The zero-order valence-electron chi connectivity index (χ0n) is 17.6. The number of hydrogen-bond donors (Lipinski definition) is 0. The maximum atomic E-state index is 13.4. The number of rotatable bonds is 5. The molecule has 0 bridgehead atoms. The summed E-state index contributed by atoms with van der Waals surface area (Å²) in [5.41, 5.74) is 1.39. The standard InChI is InChI=1S/C24H23F2N3O3/c1-32-21-4-2-17(3-5-21)22-6-7-23(30)29(27-22)15-16-8-10-28(11-9-16)24(31)18-12-19(25)14-20(26)13-18/h2-7,12-14,16H,8-11,15H2,1H3. The van der Waals surface area contributed by atoms with Crippen LogP contribution in [0.4, 0.5) is 8.78 Å². The van der Waals surface area contributed by atoms with Crippen molar-refractivity contribution < 1.29 is 18.3 Å². The van der Waals surface area contributed by atoms with Crippen LogP contribution in [0.25, 0.3) is 11.3 Å². The summed E-state index contributed by atoms with van der Waals surface area (Å²) in [6, 6.07) is 13.5. The van der Waals surface area contributed by atoms with E-state index >= 15 is 0 Å². The van der Waals surface area contributed by atoms with E-state index in [1.807, 2.05) is 24.3 Å². The van der Waals surface area contributed by atoms with Crippen LogP contribution in [0.2, 0.25) is 0 Å². The van der Waals surface area contributed by atoms with E-state index < -0.39 is 17.5 Å². The zero-order chi connectivity index (χ0) is 22.7. The Labute approximate surface area is 184 Å². The lowest BCUT2D eigenvalue weighted by Crippen LogP contribution is -2.40. The number of carbonyl (C=O) groups is 1. The third-order valence-electron chi connectivity index (χ3n) is 5.69. The van der Waals surface area contributed by atoms with Crippen molar-refractivity contribution in [1.29, 1.82) is 0 Å². The van der Waals surface area contributed by atoms with Crippen molar-refractivity contribution in [3.05, 3.63) is 82.1 Å². The minimum Gasteiger partial charge on any atom is -0.497 e. The largest absolute Gasteiger partial charge is 0.497 e. The first-order chi connectivity index (χ1) is 15.4. The molecule has 0 radical (unpaired) electrons. The molecule has 0 saturated carbocycles. The summed E-state index contributed by atoms with van der Waals surface area (Å²) in [5.74, 6) is -1.03. The normalized spacial score (nSPS) is 14.4. The van der Waals surface area contributed by atoms with E-state index in [9.17, 15) is 18.4 Å². The molecule has 1 fully saturated rings. The van der Waals surface area contributed by atoms with Gasteiger partial charge in [0.2, 0.25) is 0 Å². The number of halogens is 2. The van der Waals surface area contributed by atoms with Crippen LogP contribution in [-0.2, 0) is 6.54 Å². The number of benzene rings is 2. The van der Waals surface area contributed by atoms with Gasteiger partial charge in [0.25, 0.3) is 11.5 Å². The second kappa shape index (κ2) is 9.30. The van der Waals surface area contributed by atoms with Crippen LogP contribution in [-0.4, -0.2) is 40.8 Å². The molecule has 32 heavy (non-hydrogen) atoms. The molecular formula is C24H23F2N3O3. The molecule has 3 aromatic rings. The molecule has 0 N–H and O–H groups in total. The SMILES string of the molecule is COc1ccc(-c2ccc(=O)n(CC3CCN(C(=O)c4cc(F)cc(F)c4)CC3)n2)cc1. The van der Waals surface area contributed by atoms with Gasteiger partial charge in [0.1, 0.15) is 17.4 Å². The summed E-state index contributed by atoms with van der Waals surface area (Å²) >= 11 is 0. The Morgan fingerprint density at radius 2 is 1.69 bits per heavy atom. The van der Waals surface area contributed by atoms with E-state index in [0.29, 0.717) is 38.2 Å². The van der Waals surface area contributed by atoms with Crippen LogP contribution in [0, 0.1) is 17.6 Å². The van der Waals surface area contributed by atoms with E-state index in [1.165, 1.54) is 10.7 Å². The lowest BCUT2D eigenvalue weighted by Gasteiger charge is -2.32. The molecule has 2 aromatic carbocycles. The second-order valence-corrected chi connectivity index (χ2v) is 7.86. The smallest absolute Gasteiger partial charge is 0.266 e. The number of carbonyl (C=O) groups excluding carboxylic acids is 1. The van der Waals surface area contributed by atoms with Gasteiger partial charge in [0, 0.05) is 42.9 Å². The number of likely N-dealkylation sites (tertiary alicyclic amines) is 1. The van der Waals surface area contributed by atoms with Crippen molar-refractivity contribution in [1.82, 2.24) is 14.7 Å². The number of ether oxygens (including phenoxy) is 1. The van der Waals surface area contributed by atoms with Gasteiger partial charge >= 0.3 is 0 Å². The van der Waals surface area contributed by atoms with Gasteiger partial charge in [0.05, 0.1) is 12.8 Å². The first-order valence-corrected chi connectivity index (χ1v) is 10.4. The van der Waals surface area contributed by atoms with Crippen LogP contribution in [0.5, 0.6) is 5.75 Å². The van der Waals surface area contributed by atoms with Crippen LogP contribution >= 0.6 is 0 Å². The molecule has 2 heterocycles. The minimum atomic E-state index is -0.773. The number of piperidine rings is 1. The molecule has 6 nitrogen and oxygen atoms in total. The first kappa shape index (κ1) is 21.7. The minimum absolute atomic E-state index is 0.00558. The Morgan fingerprint density at radius 1 is 1.03 bits per heavy atom. The molecule has 0 atom stereocenters. The predicted octanol–water partition coefficient (Wildman–Crippen LogP) is 3.75. The summed E-state index contributed by atoms with van der Waals surface area (Å²) in [6.45, 7) is 1.35. The van der Waals surface area contributed by atoms with Gasteiger partial charge in [-0.1, -0.05) is 0 Å². The van der Waals surface area contributed by atoms with Crippen molar-refractivity contribution in [3.63, 3.8) is 0 Å². The number of aromatic nitrogens is 2. The highest BCUT2D eigenvalue weighted by Gasteiger charge is 2.25. The first-order valence-electron chi connectivity index (χ1n) is 10.4. The molecule has 0 aliphatic carbocycles. The topological polar surface area (TPSA) is 64.4 Å². The molecule has 1 aromatic heterocycles. The van der Waals surface area contributed by atoms with Crippen LogP contribution in [0.3, 0.4) is 0 Å². The monoisotopic (exact) mass is 439 g/mol. The van der Waals surface area contributed by atoms with Crippen molar-refractivity contribution in [3.8, 4) is 17.0 Å². The average Bonchev–Trinajstić information content (AvgIpc) is 2.80. The third-order valence-corrected chi connectivity index (χ3v) is 5.69. The zero-order valence-corrected chi connectivity index (χ0v) is 17.6. The molecule has 1 aliphatic rings. The molecule has 1 aliphatic heterocycles. The Morgan fingerprint density at radius 3 is 2.31 bits per heavy atom. The van der Waals surface area contributed by atoms with Crippen LogP contribution in [0.15, 0.2) is 59.4 Å². The maximum absolute atomic E-state index is 13.4. The summed E-state index contributed by atoms with van der Waals surface area (Å²) in [5, 5.41) is 4.51. The molecule has 4 rings (SSSR count). The lowest BCUT2D eigenvalue weighted by molar-refractivity contribution is 0.0679. The van der Waals surface area contributed by atoms with Gasteiger partial charge in [-0.3, -0.25) is 9.59 Å². The van der Waals surface area contributed by atoms with Crippen molar-refractivity contribution >= 4 is 5.91 Å². The maximum Gasteiger partial charge on any atom is 0.266 e. The predicted molar refractivity (Wildman–Crippen MR) is 115 cm³/mol. The van der Waals surface area contributed by atoms with Gasteiger partial charge in [-0.05, 0) is 61.2 Å². The highest BCUT2D eigenvalue weighted by molar-refractivity contribution is 5.94. The molecular weight excluding hydrogens is 416 g/mol. The second-order valence-electron chi connectivity index (χ2n) is 7.86. The van der Waals surface area contributed by atoms with Gasteiger partial charge in [-0.2, -0.15) is 5.10 Å². The summed E-state index contributed by atoms with van der Waals surface area (Å²) in [7, 11) is 1.60. The number of hydrogen-bond acceptors (Lipinski definition) is 4. The highest BCUT2D eigenvalue weighted by atomic mass is 19.1. The van der Waals surface area contributed by atoms with Gasteiger partial charge in [-0.15, -0.1) is 0 Å². The number of methoxy groups -OCH3 is 1. The Bertz CT molecular complexity index is 1150. The fourth-order valence-corrected chi connectivity index (χ4v) is 3.92. The van der Waals surface area contributed by atoms with Gasteiger partial charge < -0.3 is 9.64 Å². The molecule has 166 valence electrons. The summed E-state index contributed by atoms with van der Waals surface area (Å²) in [4.78, 5) is 26.5. The van der Waals surface area contributed by atoms with Gasteiger partial charge in [0.15, 0.2) is 0 Å². The fraction of sp³-hybridized carbons (Fsp3) is 0.292. The van der Waals surface area contributed by atoms with E-state index in [-0.39, 0.29) is 17.0 Å². The molecule has 1 amide bonds. The molecule has 0 unspecified atom stereocenters. The van der Waals surface area contributed by atoms with Gasteiger partial charge in [-0.25, -0.2) is 13.5 Å². The summed E-state index contributed by atoms with van der Waals surface area (Å²) < 4.78 is 33.5. The average molecular weight is 439 g/mol. The highest BCUT2D eigenvalue weighted by Crippen LogP contribution is 2.22. The molecule has 0 spiro atoms. The fourth-order valence-electron chi connectivity index (χ4n) is 3.92. The van der Waals surface area contributed by atoms with Crippen molar-refractivity contribution in [2.24, 2.45) is 5.92 Å². The van der Waals surface area contributed by atoms with Crippen molar-refractivity contribution in [2.45, 2.75) is 19.4 Å². The lowest BCUT2D eigenvalue weighted by atomic mass is 9.96. The Balaban J connectivity index is 1.41. The van der Waals surface area contributed by atoms with E-state index in [0.717, 1.165) is 29.5 Å². The molecule has 8 heteroatoms. The Hall–Kier alpha value is -3.55. The summed E-state index contributed by atoms with van der Waals surface area (Å²) in [6.07, 6.45) is 1.34. The third kappa shape index (κ3) is 4.85. The number of nitrogens with zero attached hydrogens (tertiary/aromatic N) is 3. The number of amides is 1. The molecule has 1 saturated heterocycles. The van der Waals surface area contributed by atoms with E-state index in [4.69, 9.17) is 4.74 Å². The quantitative estimate of drug-likeness (QED) is 0.608. The van der Waals surface area contributed by atoms with Crippen LogP contribution < -0.4 is 10.3 Å². The van der Waals surface area contributed by atoms with E-state index in [2.05, 4.69) is 5.10 Å². The van der Waals surface area contributed by atoms with Crippen molar-refractivity contribution in [2.75, 3.05) is 20.2 Å².